The summed E-state index contributed by atoms with van der Waals surface area (Å²) in [6.07, 6.45) is 0. The molecule has 20 heavy (non-hydrogen) atoms. The van der Waals surface area contributed by atoms with Crippen LogP contribution >= 0.6 is 0 Å². The SMILES string of the molecule is CC(N)c1cc(F)ccc1Oc1ccc(C#N)c(F)c1. The van der Waals surface area contributed by atoms with Gasteiger partial charge in [0.15, 0.2) is 0 Å². The normalized spacial score (nSPS) is 11.8. The summed E-state index contributed by atoms with van der Waals surface area (Å²) in [6, 6.07) is 9.14. The first-order chi connectivity index (χ1) is 9.51. The second-order valence-corrected chi connectivity index (χ2v) is 4.33. The lowest BCUT2D eigenvalue weighted by Gasteiger charge is -2.14. The van der Waals surface area contributed by atoms with Crippen LogP contribution in [0.1, 0.15) is 24.1 Å². The van der Waals surface area contributed by atoms with Crippen molar-refractivity contribution in [3.63, 3.8) is 0 Å². The van der Waals surface area contributed by atoms with Gasteiger partial charge in [-0.25, -0.2) is 8.78 Å². The van der Waals surface area contributed by atoms with Gasteiger partial charge < -0.3 is 10.5 Å². The number of benzene rings is 2. The smallest absolute Gasteiger partial charge is 0.144 e. The van der Waals surface area contributed by atoms with E-state index in [9.17, 15) is 8.78 Å². The van der Waals surface area contributed by atoms with Crippen molar-refractivity contribution in [1.82, 2.24) is 0 Å². The van der Waals surface area contributed by atoms with Gasteiger partial charge in [0.05, 0.1) is 5.56 Å². The van der Waals surface area contributed by atoms with Gasteiger partial charge in [-0.15, -0.1) is 0 Å². The van der Waals surface area contributed by atoms with E-state index in [0.717, 1.165) is 6.07 Å². The van der Waals surface area contributed by atoms with Crippen LogP contribution in [-0.4, -0.2) is 0 Å². The zero-order chi connectivity index (χ0) is 14.7. The third-order valence-corrected chi connectivity index (χ3v) is 2.75. The number of hydrogen-bond acceptors (Lipinski definition) is 3. The quantitative estimate of drug-likeness (QED) is 0.929. The van der Waals surface area contributed by atoms with Crippen LogP contribution in [0.5, 0.6) is 11.5 Å². The predicted molar refractivity (Wildman–Crippen MR) is 70.2 cm³/mol. The lowest BCUT2D eigenvalue weighted by Crippen LogP contribution is -2.07. The van der Waals surface area contributed by atoms with Crippen LogP contribution in [0.4, 0.5) is 8.78 Å². The van der Waals surface area contributed by atoms with E-state index in [1.54, 1.807) is 13.0 Å². The first kappa shape index (κ1) is 14.0. The second kappa shape index (κ2) is 5.68. The molecule has 0 aromatic heterocycles. The summed E-state index contributed by atoms with van der Waals surface area (Å²) < 4.78 is 32.2. The molecule has 0 radical (unpaired) electrons. The highest BCUT2D eigenvalue weighted by Gasteiger charge is 2.11. The molecule has 2 aromatic carbocycles. The van der Waals surface area contributed by atoms with Crippen molar-refractivity contribution in [3.05, 3.63) is 59.2 Å². The van der Waals surface area contributed by atoms with E-state index in [1.807, 2.05) is 0 Å². The summed E-state index contributed by atoms with van der Waals surface area (Å²) in [4.78, 5) is 0. The van der Waals surface area contributed by atoms with Gasteiger partial charge in [0.25, 0.3) is 0 Å². The Kier molecular flexibility index (Phi) is 3.97. The average molecular weight is 274 g/mol. The number of nitrogens with two attached hydrogens (primary N) is 1. The van der Waals surface area contributed by atoms with Gasteiger partial charge >= 0.3 is 0 Å². The van der Waals surface area contributed by atoms with Crippen LogP contribution in [0.15, 0.2) is 36.4 Å². The molecule has 0 amide bonds. The Balaban J connectivity index is 2.35. The molecule has 2 N–H and O–H groups in total. The van der Waals surface area contributed by atoms with E-state index in [0.29, 0.717) is 11.3 Å². The Morgan fingerprint density at radius 2 is 1.95 bits per heavy atom. The first-order valence-electron chi connectivity index (χ1n) is 5.94. The molecule has 0 aliphatic carbocycles. The molecule has 0 saturated carbocycles. The lowest BCUT2D eigenvalue weighted by atomic mass is 10.1. The largest absolute Gasteiger partial charge is 0.457 e. The molecule has 2 aromatic rings. The Morgan fingerprint density at radius 3 is 2.55 bits per heavy atom. The zero-order valence-corrected chi connectivity index (χ0v) is 10.7. The van der Waals surface area contributed by atoms with Gasteiger partial charge in [-0.1, -0.05) is 0 Å². The van der Waals surface area contributed by atoms with Gasteiger partial charge in [0.1, 0.15) is 29.2 Å². The number of hydrogen-bond donors (Lipinski definition) is 1. The molecule has 1 atom stereocenters. The molecular weight excluding hydrogens is 262 g/mol. The third kappa shape index (κ3) is 2.92. The molecule has 0 spiro atoms. The first-order valence-corrected chi connectivity index (χ1v) is 5.94. The van der Waals surface area contributed by atoms with Crippen LogP contribution in [0.3, 0.4) is 0 Å². The summed E-state index contributed by atoms with van der Waals surface area (Å²) in [5, 5.41) is 8.66. The topological polar surface area (TPSA) is 59.0 Å². The minimum absolute atomic E-state index is 0.0659. The molecule has 0 bridgehead atoms. The van der Waals surface area contributed by atoms with Gasteiger partial charge in [0.2, 0.25) is 0 Å². The van der Waals surface area contributed by atoms with Crippen molar-refractivity contribution in [2.24, 2.45) is 5.73 Å². The molecule has 0 saturated heterocycles. The summed E-state index contributed by atoms with van der Waals surface area (Å²) in [6.45, 7) is 1.70. The standard InChI is InChI=1S/C15H12F2N2O/c1-9(19)13-6-11(16)3-5-15(13)20-12-4-2-10(8-18)14(17)7-12/h2-7,9H,19H2,1H3. The molecule has 0 heterocycles. The maximum absolute atomic E-state index is 13.5. The Hall–Kier alpha value is -2.45. The van der Waals surface area contributed by atoms with Crippen molar-refractivity contribution in [3.8, 4) is 17.6 Å². The molecular formula is C15H12F2N2O. The number of ether oxygens (including phenoxy) is 1. The van der Waals surface area contributed by atoms with Gasteiger partial charge in [-0.05, 0) is 37.3 Å². The van der Waals surface area contributed by atoms with E-state index in [1.165, 1.54) is 30.3 Å². The molecule has 1 unspecified atom stereocenters. The molecule has 102 valence electrons. The van der Waals surface area contributed by atoms with Crippen molar-refractivity contribution in [2.45, 2.75) is 13.0 Å². The minimum atomic E-state index is -0.672. The lowest BCUT2D eigenvalue weighted by molar-refractivity contribution is 0.464. The summed E-state index contributed by atoms with van der Waals surface area (Å²) in [5.41, 5.74) is 6.16. The summed E-state index contributed by atoms with van der Waals surface area (Å²) >= 11 is 0. The minimum Gasteiger partial charge on any atom is -0.457 e. The molecule has 0 aliphatic heterocycles. The van der Waals surface area contributed by atoms with Crippen LogP contribution < -0.4 is 10.5 Å². The maximum atomic E-state index is 13.5. The van der Waals surface area contributed by atoms with E-state index in [2.05, 4.69) is 0 Å². The van der Waals surface area contributed by atoms with E-state index >= 15 is 0 Å². The van der Waals surface area contributed by atoms with Crippen LogP contribution in [-0.2, 0) is 0 Å². The van der Waals surface area contributed by atoms with Crippen LogP contribution in [0, 0.1) is 23.0 Å². The van der Waals surface area contributed by atoms with Crippen molar-refractivity contribution in [1.29, 1.82) is 5.26 Å². The van der Waals surface area contributed by atoms with Gasteiger partial charge in [-0.3, -0.25) is 0 Å². The highest BCUT2D eigenvalue weighted by molar-refractivity contribution is 5.42. The summed E-state index contributed by atoms with van der Waals surface area (Å²) in [5.74, 6) is -0.523. The number of rotatable bonds is 3. The monoisotopic (exact) mass is 274 g/mol. The third-order valence-electron chi connectivity index (χ3n) is 2.75. The highest BCUT2D eigenvalue weighted by Crippen LogP contribution is 2.30. The Bertz CT molecular complexity index is 678. The molecule has 3 nitrogen and oxygen atoms in total. The van der Waals surface area contributed by atoms with Crippen molar-refractivity contribution in [2.75, 3.05) is 0 Å². The highest BCUT2D eigenvalue weighted by atomic mass is 19.1. The van der Waals surface area contributed by atoms with Gasteiger partial charge in [0, 0.05) is 17.7 Å². The average Bonchev–Trinajstić information content (AvgIpc) is 2.41. The van der Waals surface area contributed by atoms with Gasteiger partial charge in [-0.2, -0.15) is 5.26 Å². The van der Waals surface area contributed by atoms with Crippen LogP contribution in [0.2, 0.25) is 0 Å². The molecule has 0 fully saturated rings. The van der Waals surface area contributed by atoms with E-state index < -0.39 is 17.7 Å². The number of nitrogens with zero attached hydrogens (tertiary/aromatic N) is 1. The van der Waals surface area contributed by atoms with E-state index in [-0.39, 0.29) is 11.3 Å². The number of halogens is 2. The van der Waals surface area contributed by atoms with E-state index in [4.69, 9.17) is 15.7 Å². The second-order valence-electron chi connectivity index (χ2n) is 4.33. The maximum Gasteiger partial charge on any atom is 0.144 e. The fraction of sp³-hybridized carbons (Fsp3) is 0.133. The van der Waals surface area contributed by atoms with Crippen molar-refractivity contribution >= 4 is 0 Å². The molecule has 2 rings (SSSR count). The molecule has 5 heteroatoms. The number of nitriles is 1. The van der Waals surface area contributed by atoms with Crippen molar-refractivity contribution < 1.29 is 13.5 Å². The Morgan fingerprint density at radius 1 is 1.20 bits per heavy atom. The summed E-state index contributed by atoms with van der Waals surface area (Å²) in [7, 11) is 0. The van der Waals surface area contributed by atoms with Crippen LogP contribution in [0.25, 0.3) is 0 Å². The zero-order valence-electron chi connectivity index (χ0n) is 10.7. The Labute approximate surface area is 115 Å². The molecule has 0 aliphatic rings. The fourth-order valence-electron chi connectivity index (χ4n) is 1.75. The predicted octanol–water partition coefficient (Wildman–Crippen LogP) is 3.65. The fourth-order valence-corrected chi connectivity index (χ4v) is 1.75.